The lowest BCUT2D eigenvalue weighted by Gasteiger charge is -2.29. The number of allylic oxidation sites excluding steroid dienone is 10. The Hall–Kier alpha value is -2.10. The van der Waals surface area contributed by atoms with Crippen molar-refractivity contribution in [2.75, 3.05) is 40.9 Å². The molecule has 3 N–H and O–H groups in total. The number of rotatable bonds is 33. The number of phosphoric ester groups is 1. The third-order valence-corrected chi connectivity index (χ3v) is 8.91. The highest BCUT2D eigenvalue weighted by Gasteiger charge is 2.23. The number of aliphatic hydroxyl groups excluding tert-OH is 2. The zero-order chi connectivity index (χ0) is 38.1. The Balaban J connectivity index is 4.68. The lowest BCUT2D eigenvalue weighted by atomic mass is 10.1. The molecule has 1 amide bonds. The summed E-state index contributed by atoms with van der Waals surface area (Å²) >= 11 is 0. The second-order valence-corrected chi connectivity index (χ2v) is 15.5. The molecule has 0 rings (SSSR count). The lowest BCUT2D eigenvalue weighted by Crippen LogP contribution is -2.45. The molecular weight excluding hydrogens is 663 g/mol. The maximum atomic E-state index is 12.8. The smallest absolute Gasteiger partial charge is 0.268 e. The standard InChI is InChI=1S/C41H73N2O7P/c1-6-8-9-10-11-12-16-20-23-26-29-33-40(45)39(37-50-51(47,48)49-36-35-43(3,4)5)42-41(46)34-30-27-24-21-18-15-13-14-17-19-22-25-28-32-38(44)31-7-2/h13,15-17,19-21,24-25,28-29,33,38-40,44-45H,6-12,14,18,22-23,26-27,30-32,34-37H2,1-5H3,(H-,42,46,47,48)/b15-13-,19-17-,20-16-,24-21-,28-25-,33-29+/t38?,39-,40+/m0/s1. The first-order valence-electron chi connectivity index (χ1n) is 19.4. The Morgan fingerprint density at radius 1 is 0.745 bits per heavy atom. The molecule has 0 aromatic heterocycles. The fraction of sp³-hybridized carbons (Fsp3) is 0.683. The van der Waals surface area contributed by atoms with Crippen molar-refractivity contribution in [3.63, 3.8) is 0 Å². The number of quaternary nitrogens is 1. The molecule has 294 valence electrons. The van der Waals surface area contributed by atoms with Crippen molar-refractivity contribution in [2.45, 2.75) is 141 Å². The van der Waals surface area contributed by atoms with Gasteiger partial charge in [0.1, 0.15) is 13.2 Å². The summed E-state index contributed by atoms with van der Waals surface area (Å²) in [6.07, 6.45) is 38.8. The van der Waals surface area contributed by atoms with Crippen LogP contribution in [0.1, 0.15) is 123 Å². The molecule has 0 spiro atoms. The van der Waals surface area contributed by atoms with Gasteiger partial charge in [-0.2, -0.15) is 0 Å². The maximum absolute atomic E-state index is 12.8. The summed E-state index contributed by atoms with van der Waals surface area (Å²) in [6.45, 7) is 4.31. The van der Waals surface area contributed by atoms with Gasteiger partial charge in [-0.3, -0.25) is 9.36 Å². The Morgan fingerprint density at radius 2 is 1.31 bits per heavy atom. The summed E-state index contributed by atoms with van der Waals surface area (Å²) in [5.74, 6) is -0.281. The molecule has 9 nitrogen and oxygen atoms in total. The number of likely N-dealkylation sites (N-methyl/N-ethyl adjacent to an activating group) is 1. The van der Waals surface area contributed by atoms with Gasteiger partial charge in [-0.25, -0.2) is 0 Å². The van der Waals surface area contributed by atoms with Crippen LogP contribution in [0.5, 0.6) is 0 Å². The number of nitrogens with one attached hydrogen (secondary N) is 1. The zero-order valence-electron chi connectivity index (χ0n) is 32.6. The third-order valence-electron chi connectivity index (χ3n) is 7.94. The van der Waals surface area contributed by atoms with Crippen LogP contribution in [0.3, 0.4) is 0 Å². The topological polar surface area (TPSA) is 128 Å². The molecule has 0 fully saturated rings. The van der Waals surface area contributed by atoms with Gasteiger partial charge in [0.15, 0.2) is 0 Å². The van der Waals surface area contributed by atoms with E-state index in [4.69, 9.17) is 9.05 Å². The van der Waals surface area contributed by atoms with Gasteiger partial charge in [-0.15, -0.1) is 0 Å². The molecule has 0 saturated carbocycles. The second-order valence-electron chi connectivity index (χ2n) is 14.1. The van der Waals surface area contributed by atoms with E-state index in [0.29, 0.717) is 23.9 Å². The van der Waals surface area contributed by atoms with Crippen LogP contribution in [-0.2, 0) is 18.4 Å². The van der Waals surface area contributed by atoms with E-state index in [1.807, 2.05) is 39.4 Å². The van der Waals surface area contributed by atoms with Gasteiger partial charge in [-0.05, 0) is 70.6 Å². The summed E-state index contributed by atoms with van der Waals surface area (Å²) in [5, 5.41) is 23.3. The molecule has 2 unspecified atom stereocenters. The normalized spacial score (nSPS) is 16.0. The van der Waals surface area contributed by atoms with Gasteiger partial charge in [0.25, 0.3) is 7.82 Å². The average molecular weight is 737 g/mol. The number of nitrogens with zero attached hydrogens (tertiary/aromatic N) is 1. The Morgan fingerprint density at radius 3 is 1.96 bits per heavy atom. The first-order valence-corrected chi connectivity index (χ1v) is 20.8. The highest BCUT2D eigenvalue weighted by Crippen LogP contribution is 2.38. The van der Waals surface area contributed by atoms with Crippen molar-refractivity contribution in [1.82, 2.24) is 5.32 Å². The summed E-state index contributed by atoms with van der Waals surface area (Å²) in [6, 6.07) is -0.943. The molecule has 0 heterocycles. The molecule has 0 aliphatic rings. The number of unbranched alkanes of at least 4 members (excludes halogenated alkanes) is 7. The van der Waals surface area contributed by atoms with Gasteiger partial charge in [0.05, 0.1) is 46.0 Å². The molecule has 0 aliphatic heterocycles. The van der Waals surface area contributed by atoms with Crippen LogP contribution >= 0.6 is 7.82 Å². The van der Waals surface area contributed by atoms with Crippen LogP contribution in [0.15, 0.2) is 72.9 Å². The summed E-state index contributed by atoms with van der Waals surface area (Å²) < 4.78 is 23.0. The summed E-state index contributed by atoms with van der Waals surface area (Å²) in [7, 11) is 1.17. The van der Waals surface area contributed by atoms with E-state index in [1.165, 1.54) is 32.1 Å². The predicted molar refractivity (Wildman–Crippen MR) is 211 cm³/mol. The van der Waals surface area contributed by atoms with E-state index in [2.05, 4.69) is 67.8 Å². The van der Waals surface area contributed by atoms with E-state index in [9.17, 15) is 24.5 Å². The molecule has 4 atom stereocenters. The molecule has 10 heteroatoms. The fourth-order valence-corrected chi connectivity index (χ4v) is 5.54. The van der Waals surface area contributed by atoms with Gasteiger partial charge in [0, 0.05) is 6.42 Å². The lowest BCUT2D eigenvalue weighted by molar-refractivity contribution is -0.870. The number of phosphoric acid groups is 1. The number of carbonyl (C=O) groups is 1. The average Bonchev–Trinajstić information content (AvgIpc) is 3.06. The fourth-order valence-electron chi connectivity index (χ4n) is 4.82. The first-order chi connectivity index (χ1) is 24.4. The van der Waals surface area contributed by atoms with Crippen LogP contribution in [0.4, 0.5) is 0 Å². The highest BCUT2D eigenvalue weighted by molar-refractivity contribution is 7.45. The van der Waals surface area contributed by atoms with Gasteiger partial charge in [0.2, 0.25) is 5.91 Å². The minimum absolute atomic E-state index is 0.0272. The van der Waals surface area contributed by atoms with Crippen molar-refractivity contribution < 1.29 is 38.0 Å². The van der Waals surface area contributed by atoms with Crippen LogP contribution in [0, 0.1) is 0 Å². The molecule has 0 aromatic rings. The number of amides is 1. The van der Waals surface area contributed by atoms with E-state index in [0.717, 1.165) is 57.8 Å². The van der Waals surface area contributed by atoms with E-state index in [1.54, 1.807) is 6.08 Å². The number of aliphatic hydroxyl groups is 2. The predicted octanol–water partition coefficient (Wildman–Crippen LogP) is 8.41. The Bertz CT molecular complexity index is 1080. The monoisotopic (exact) mass is 737 g/mol. The highest BCUT2D eigenvalue weighted by atomic mass is 31.2. The quantitative estimate of drug-likeness (QED) is 0.0267. The zero-order valence-corrected chi connectivity index (χ0v) is 33.5. The van der Waals surface area contributed by atoms with E-state index >= 15 is 0 Å². The van der Waals surface area contributed by atoms with Crippen LogP contribution in [0.2, 0.25) is 0 Å². The second kappa shape index (κ2) is 32.5. The maximum Gasteiger partial charge on any atom is 0.268 e. The van der Waals surface area contributed by atoms with Crippen molar-refractivity contribution in [1.29, 1.82) is 0 Å². The van der Waals surface area contributed by atoms with Crippen molar-refractivity contribution in [3.05, 3.63) is 72.9 Å². The van der Waals surface area contributed by atoms with Crippen LogP contribution in [0.25, 0.3) is 0 Å². The van der Waals surface area contributed by atoms with Crippen LogP contribution in [-0.4, -0.2) is 79.8 Å². The van der Waals surface area contributed by atoms with Crippen molar-refractivity contribution in [2.24, 2.45) is 0 Å². The Labute approximate surface area is 311 Å². The summed E-state index contributed by atoms with van der Waals surface area (Å²) in [4.78, 5) is 25.1. The SMILES string of the molecule is CCCCCCC/C=C\CC/C=C/[C@@H](O)[C@H](COP(=O)([O-])OCC[N+](C)(C)C)NC(=O)CCC/C=C\C/C=C\C/C=C\C/C=C\CC(O)CCC. The molecule has 51 heavy (non-hydrogen) atoms. The molecular formula is C41H73N2O7P. The summed E-state index contributed by atoms with van der Waals surface area (Å²) in [5.41, 5.74) is 0. The Kier molecular flexibility index (Phi) is 31.2. The molecule has 0 radical (unpaired) electrons. The van der Waals surface area contributed by atoms with Crippen LogP contribution < -0.4 is 10.2 Å². The van der Waals surface area contributed by atoms with Gasteiger partial charge < -0.3 is 34.0 Å². The molecule has 0 aliphatic carbocycles. The molecule has 0 bridgehead atoms. The minimum atomic E-state index is -4.61. The third kappa shape index (κ3) is 34.7. The van der Waals surface area contributed by atoms with Crippen molar-refractivity contribution >= 4 is 13.7 Å². The number of hydrogen-bond acceptors (Lipinski definition) is 7. The van der Waals surface area contributed by atoms with E-state index in [-0.39, 0.29) is 25.0 Å². The largest absolute Gasteiger partial charge is 0.756 e. The molecule has 0 saturated heterocycles. The van der Waals surface area contributed by atoms with Crippen molar-refractivity contribution in [3.8, 4) is 0 Å². The first kappa shape index (κ1) is 48.9. The molecule has 0 aromatic carbocycles. The van der Waals surface area contributed by atoms with E-state index < -0.39 is 26.6 Å². The number of hydrogen-bond donors (Lipinski definition) is 3. The minimum Gasteiger partial charge on any atom is -0.756 e. The number of carbonyl (C=O) groups excluding carboxylic acids is 1. The van der Waals surface area contributed by atoms with Gasteiger partial charge in [-0.1, -0.05) is 119 Å². The van der Waals surface area contributed by atoms with Gasteiger partial charge >= 0.3 is 0 Å².